The Hall–Kier alpha value is -3.22. The summed E-state index contributed by atoms with van der Waals surface area (Å²) in [7, 11) is -1.54. The van der Waals surface area contributed by atoms with Crippen LogP contribution in [0.15, 0.2) is 128 Å². The minimum atomic E-state index is -3.87. The molecule has 0 aromatic heterocycles. The summed E-state index contributed by atoms with van der Waals surface area (Å²) in [6, 6.07) is 31.7. The highest BCUT2D eigenvalue weighted by molar-refractivity contribution is 7.98. The molecule has 4 aromatic rings. The minimum Gasteiger partial charge on any atom is -0.496 e. The van der Waals surface area contributed by atoms with Crippen LogP contribution in [0.2, 0.25) is 0 Å². The maximum absolute atomic E-state index is 13.9. The zero-order valence-corrected chi connectivity index (χ0v) is 19.4. The van der Waals surface area contributed by atoms with E-state index in [1.165, 1.54) is 7.11 Å². The fraction of sp³-hybridized carbons (Fsp3) is 0.0769. The maximum atomic E-state index is 13.9. The van der Waals surface area contributed by atoms with E-state index in [2.05, 4.69) is 0 Å². The van der Waals surface area contributed by atoms with E-state index < -0.39 is 20.7 Å². The first-order valence-corrected chi connectivity index (χ1v) is 12.7. The lowest BCUT2D eigenvalue weighted by atomic mass is 10.3. The molecule has 0 saturated carbocycles. The first-order chi connectivity index (χ1) is 15.6. The van der Waals surface area contributed by atoms with Crippen LogP contribution in [0.25, 0.3) is 0 Å². The first kappa shape index (κ1) is 22.0. The van der Waals surface area contributed by atoms with Crippen molar-refractivity contribution in [3.63, 3.8) is 0 Å². The average Bonchev–Trinajstić information content (AvgIpc) is 2.85. The van der Waals surface area contributed by atoms with Crippen LogP contribution < -0.4 is 9.47 Å². The van der Waals surface area contributed by atoms with Gasteiger partial charge in [0.05, 0.1) is 19.1 Å². The summed E-state index contributed by atoms with van der Waals surface area (Å²) in [5.74, 6) is 0.792. The molecule has 0 radical (unpaired) electrons. The summed E-state index contributed by atoms with van der Waals surface area (Å²) in [6.45, 7) is 0. The quantitative estimate of drug-likeness (QED) is 0.333. The number of ether oxygens (including phenoxy) is 2. The molecular weight excluding hydrogens is 440 g/mol. The van der Waals surface area contributed by atoms with Gasteiger partial charge in [-0.2, -0.15) is 0 Å². The highest BCUT2D eigenvalue weighted by Gasteiger charge is 2.39. The Labute approximate surface area is 191 Å². The van der Waals surface area contributed by atoms with Crippen molar-refractivity contribution in [2.75, 3.05) is 14.2 Å². The van der Waals surface area contributed by atoms with Gasteiger partial charge >= 0.3 is 0 Å². The molecule has 0 saturated heterocycles. The summed E-state index contributed by atoms with van der Waals surface area (Å²) in [5.41, 5.74) is 0. The Balaban J connectivity index is 2.08. The van der Waals surface area contributed by atoms with Crippen molar-refractivity contribution in [2.45, 2.75) is 24.5 Å². The molecule has 0 aliphatic rings. The third kappa shape index (κ3) is 4.24. The van der Waals surface area contributed by atoms with E-state index in [9.17, 15) is 8.42 Å². The Morgan fingerprint density at radius 1 is 0.656 bits per heavy atom. The standard InChI is InChI=1S/C26H23O4S2/c1-29-20-18-24(30-2)26(32(27,28)23-16-10-5-11-17-23)25(19-20)31(21-12-6-3-7-13-21)22-14-8-4-9-15-22/h3-19H,1-2H3/q+1. The van der Waals surface area contributed by atoms with E-state index in [1.807, 2.05) is 60.7 Å². The molecule has 0 unspecified atom stereocenters. The summed E-state index contributed by atoms with van der Waals surface area (Å²) < 4.78 is 38.9. The second-order valence-electron chi connectivity index (χ2n) is 6.91. The third-order valence-corrected chi connectivity index (χ3v) is 9.18. The van der Waals surface area contributed by atoms with Crippen molar-refractivity contribution in [3.05, 3.63) is 103 Å². The molecule has 0 amide bonds. The monoisotopic (exact) mass is 463 g/mol. The van der Waals surface area contributed by atoms with Gasteiger partial charge in [0.2, 0.25) is 9.84 Å². The number of hydrogen-bond donors (Lipinski definition) is 0. The van der Waals surface area contributed by atoms with Crippen LogP contribution in [0.3, 0.4) is 0 Å². The second-order valence-corrected chi connectivity index (χ2v) is 10.8. The lowest BCUT2D eigenvalue weighted by Crippen LogP contribution is -2.14. The highest BCUT2D eigenvalue weighted by atomic mass is 32.2. The van der Waals surface area contributed by atoms with Crippen LogP contribution in [-0.2, 0) is 20.7 Å². The van der Waals surface area contributed by atoms with E-state index in [1.54, 1.807) is 49.6 Å². The fourth-order valence-corrected chi connectivity index (χ4v) is 7.68. The molecule has 0 spiro atoms. The van der Waals surface area contributed by atoms with Gasteiger partial charge in [0.25, 0.3) is 0 Å². The molecule has 6 heteroatoms. The third-order valence-electron chi connectivity index (χ3n) is 4.95. The molecule has 4 aromatic carbocycles. The minimum absolute atomic E-state index is 0.156. The molecule has 4 nitrogen and oxygen atoms in total. The number of benzene rings is 4. The molecule has 0 bridgehead atoms. The van der Waals surface area contributed by atoms with Gasteiger partial charge in [-0.15, -0.1) is 0 Å². The largest absolute Gasteiger partial charge is 0.496 e. The predicted octanol–water partition coefficient (Wildman–Crippen LogP) is 5.63. The Morgan fingerprint density at radius 2 is 1.16 bits per heavy atom. The van der Waals surface area contributed by atoms with Gasteiger partial charge in [-0.3, -0.25) is 0 Å². The van der Waals surface area contributed by atoms with Crippen LogP contribution in [0.4, 0.5) is 0 Å². The molecular formula is C26H23O4S2+. The molecule has 0 aliphatic heterocycles. The van der Waals surface area contributed by atoms with Crippen LogP contribution in [-0.4, -0.2) is 22.6 Å². The van der Waals surface area contributed by atoms with E-state index in [0.717, 1.165) is 9.79 Å². The summed E-state index contributed by atoms with van der Waals surface area (Å²) in [6.07, 6.45) is 0. The van der Waals surface area contributed by atoms with Crippen molar-refractivity contribution in [1.82, 2.24) is 0 Å². The van der Waals surface area contributed by atoms with Crippen LogP contribution in [0, 0.1) is 0 Å². The van der Waals surface area contributed by atoms with E-state index >= 15 is 0 Å². The van der Waals surface area contributed by atoms with Crippen molar-refractivity contribution in [1.29, 1.82) is 0 Å². The lowest BCUT2D eigenvalue weighted by Gasteiger charge is -2.17. The Kier molecular flexibility index (Phi) is 6.53. The van der Waals surface area contributed by atoms with E-state index in [-0.39, 0.29) is 15.5 Å². The molecule has 0 aliphatic carbocycles. The van der Waals surface area contributed by atoms with Crippen molar-refractivity contribution in [2.24, 2.45) is 0 Å². The SMILES string of the molecule is COc1cc(OC)c(S(=O)(=O)c2ccccc2)c([S+](c2ccccc2)c2ccccc2)c1. The molecule has 0 fully saturated rings. The van der Waals surface area contributed by atoms with Gasteiger partial charge < -0.3 is 9.47 Å². The van der Waals surface area contributed by atoms with Gasteiger partial charge in [-0.1, -0.05) is 54.6 Å². The highest BCUT2D eigenvalue weighted by Crippen LogP contribution is 2.43. The smallest absolute Gasteiger partial charge is 0.215 e. The van der Waals surface area contributed by atoms with Crippen molar-refractivity contribution in [3.8, 4) is 11.5 Å². The predicted molar refractivity (Wildman–Crippen MR) is 126 cm³/mol. The number of methoxy groups -OCH3 is 2. The number of rotatable bonds is 7. The molecule has 0 atom stereocenters. The van der Waals surface area contributed by atoms with Gasteiger partial charge in [0.15, 0.2) is 19.6 Å². The normalized spacial score (nSPS) is 11.3. The number of hydrogen-bond acceptors (Lipinski definition) is 4. The average molecular weight is 464 g/mol. The fourth-order valence-electron chi connectivity index (χ4n) is 3.46. The van der Waals surface area contributed by atoms with Gasteiger partial charge in [0, 0.05) is 12.1 Å². The van der Waals surface area contributed by atoms with Gasteiger partial charge in [0.1, 0.15) is 22.4 Å². The van der Waals surface area contributed by atoms with Crippen molar-refractivity contribution < 1.29 is 17.9 Å². The summed E-state index contributed by atoms with van der Waals surface area (Å²) in [5, 5.41) is 0. The Bertz CT molecular complexity index is 1250. The zero-order valence-electron chi connectivity index (χ0n) is 17.8. The summed E-state index contributed by atoms with van der Waals surface area (Å²) in [4.78, 5) is 3.00. The van der Waals surface area contributed by atoms with Gasteiger partial charge in [-0.05, 0) is 36.4 Å². The lowest BCUT2D eigenvalue weighted by molar-refractivity contribution is 0.382. The Morgan fingerprint density at radius 3 is 1.62 bits per heavy atom. The molecule has 0 heterocycles. The molecule has 4 rings (SSSR count). The molecule has 32 heavy (non-hydrogen) atoms. The summed E-state index contributed by atoms with van der Waals surface area (Å²) >= 11 is 0. The van der Waals surface area contributed by atoms with Crippen LogP contribution >= 0.6 is 0 Å². The van der Waals surface area contributed by atoms with Crippen molar-refractivity contribution >= 4 is 20.7 Å². The van der Waals surface area contributed by atoms with Crippen LogP contribution in [0.5, 0.6) is 11.5 Å². The van der Waals surface area contributed by atoms with Gasteiger partial charge in [-0.25, -0.2) is 8.42 Å². The van der Waals surface area contributed by atoms with E-state index in [0.29, 0.717) is 10.6 Å². The zero-order chi connectivity index (χ0) is 22.6. The maximum Gasteiger partial charge on any atom is 0.215 e. The first-order valence-electron chi connectivity index (χ1n) is 9.97. The topological polar surface area (TPSA) is 52.6 Å². The molecule has 162 valence electrons. The van der Waals surface area contributed by atoms with Crippen LogP contribution in [0.1, 0.15) is 0 Å². The molecule has 0 N–H and O–H groups in total. The van der Waals surface area contributed by atoms with E-state index in [4.69, 9.17) is 9.47 Å². The second kappa shape index (κ2) is 9.51. The number of sulfone groups is 1.